The first-order valence-electron chi connectivity index (χ1n) is 8.05. The van der Waals surface area contributed by atoms with Crippen molar-refractivity contribution in [2.24, 2.45) is 0 Å². The van der Waals surface area contributed by atoms with Gasteiger partial charge in [-0.1, -0.05) is 23.4 Å². The number of benzene rings is 2. The molecule has 0 aliphatic carbocycles. The quantitative estimate of drug-likeness (QED) is 0.578. The fraction of sp³-hybridized carbons (Fsp3) is 0.105. The number of aromatic amines is 1. The van der Waals surface area contributed by atoms with E-state index in [9.17, 15) is 4.79 Å². The van der Waals surface area contributed by atoms with Gasteiger partial charge < -0.3 is 14.6 Å². The van der Waals surface area contributed by atoms with Crippen molar-refractivity contribution in [3.63, 3.8) is 0 Å². The molecule has 4 rings (SSSR count). The third-order valence-electron chi connectivity index (χ3n) is 4.10. The molecular weight excluding hydrogens is 332 g/mol. The molecule has 2 aromatic carbocycles. The Morgan fingerprint density at radius 3 is 3.00 bits per heavy atom. The van der Waals surface area contributed by atoms with Gasteiger partial charge in [0, 0.05) is 29.1 Å². The lowest BCUT2D eigenvalue weighted by Crippen LogP contribution is -2.23. The van der Waals surface area contributed by atoms with E-state index in [1.165, 1.54) is 0 Å². The Bertz CT molecular complexity index is 1070. The number of carbonyl (C=O) groups excluding carboxylic acids is 1. The van der Waals surface area contributed by atoms with Gasteiger partial charge in [-0.25, -0.2) is 0 Å². The molecule has 130 valence electrons. The van der Waals surface area contributed by atoms with Crippen molar-refractivity contribution in [1.29, 1.82) is 0 Å². The number of rotatable bonds is 5. The summed E-state index contributed by atoms with van der Waals surface area (Å²) >= 11 is 0. The zero-order chi connectivity index (χ0) is 17.9. The van der Waals surface area contributed by atoms with Crippen LogP contribution in [0.25, 0.3) is 22.2 Å². The third-order valence-corrected chi connectivity index (χ3v) is 4.10. The monoisotopic (exact) mass is 348 g/mol. The number of amides is 1. The lowest BCUT2D eigenvalue weighted by Gasteiger charge is -2.08. The standard InChI is InChI=1S/C19H16N4O3/c1-25-17-5-3-2-4-13(17)10-20-19(24)16-9-18(26-23-16)12-6-7-15-14(8-12)11-21-22-15/h2-9,11H,10H2,1H3,(H,20,24)(H,21,22). The van der Waals surface area contributed by atoms with Crippen LogP contribution < -0.4 is 10.1 Å². The summed E-state index contributed by atoms with van der Waals surface area (Å²) in [5.41, 5.74) is 2.87. The van der Waals surface area contributed by atoms with E-state index < -0.39 is 0 Å². The summed E-state index contributed by atoms with van der Waals surface area (Å²) in [6.45, 7) is 0.339. The number of nitrogens with zero attached hydrogens (tertiary/aromatic N) is 2. The fourth-order valence-electron chi connectivity index (χ4n) is 2.73. The zero-order valence-corrected chi connectivity index (χ0v) is 14.0. The first-order chi connectivity index (χ1) is 12.7. The van der Waals surface area contributed by atoms with Gasteiger partial charge in [0.25, 0.3) is 5.91 Å². The smallest absolute Gasteiger partial charge is 0.273 e. The summed E-state index contributed by atoms with van der Waals surface area (Å²) in [5.74, 6) is 0.938. The molecule has 2 N–H and O–H groups in total. The van der Waals surface area contributed by atoms with Crippen molar-refractivity contribution < 1.29 is 14.1 Å². The number of ether oxygens (including phenoxy) is 1. The zero-order valence-electron chi connectivity index (χ0n) is 14.0. The summed E-state index contributed by atoms with van der Waals surface area (Å²) in [4.78, 5) is 12.3. The maximum Gasteiger partial charge on any atom is 0.273 e. The highest BCUT2D eigenvalue weighted by atomic mass is 16.5. The van der Waals surface area contributed by atoms with Crippen LogP contribution in [0, 0.1) is 0 Å². The van der Waals surface area contributed by atoms with Crippen LogP contribution in [0.3, 0.4) is 0 Å². The largest absolute Gasteiger partial charge is 0.496 e. The van der Waals surface area contributed by atoms with Gasteiger partial charge in [-0.15, -0.1) is 0 Å². The Kier molecular flexibility index (Phi) is 4.10. The van der Waals surface area contributed by atoms with E-state index in [4.69, 9.17) is 9.26 Å². The Hall–Kier alpha value is -3.61. The van der Waals surface area contributed by atoms with Crippen LogP contribution in [0.5, 0.6) is 5.75 Å². The topological polar surface area (TPSA) is 93.0 Å². The molecule has 0 bridgehead atoms. The van der Waals surface area contributed by atoms with Crippen molar-refractivity contribution in [3.8, 4) is 17.1 Å². The molecule has 1 amide bonds. The molecule has 0 spiro atoms. The average Bonchev–Trinajstić information content (AvgIpc) is 3.35. The molecule has 7 heteroatoms. The van der Waals surface area contributed by atoms with Crippen LogP contribution in [0.2, 0.25) is 0 Å². The van der Waals surface area contributed by atoms with E-state index in [1.807, 2.05) is 42.5 Å². The molecule has 0 fully saturated rings. The lowest BCUT2D eigenvalue weighted by molar-refractivity contribution is 0.0941. The maximum atomic E-state index is 12.3. The van der Waals surface area contributed by atoms with Crippen LogP contribution in [0.15, 0.2) is 59.3 Å². The molecule has 2 aromatic heterocycles. The van der Waals surface area contributed by atoms with E-state index in [2.05, 4.69) is 20.7 Å². The van der Waals surface area contributed by atoms with Gasteiger partial charge in [-0.3, -0.25) is 9.89 Å². The molecular formula is C19H16N4O3. The van der Waals surface area contributed by atoms with Gasteiger partial charge in [0.05, 0.1) is 18.8 Å². The van der Waals surface area contributed by atoms with E-state index >= 15 is 0 Å². The molecule has 0 aliphatic rings. The number of hydrogen-bond donors (Lipinski definition) is 2. The highest BCUT2D eigenvalue weighted by Crippen LogP contribution is 2.24. The highest BCUT2D eigenvalue weighted by Gasteiger charge is 2.14. The van der Waals surface area contributed by atoms with Gasteiger partial charge in [-0.05, 0) is 24.3 Å². The Morgan fingerprint density at radius 1 is 1.23 bits per heavy atom. The van der Waals surface area contributed by atoms with E-state index in [0.717, 1.165) is 27.8 Å². The van der Waals surface area contributed by atoms with Crippen LogP contribution in [-0.4, -0.2) is 28.4 Å². The molecule has 0 saturated carbocycles. The molecule has 0 atom stereocenters. The second-order valence-electron chi connectivity index (χ2n) is 5.74. The van der Waals surface area contributed by atoms with Crippen molar-refractivity contribution in [1.82, 2.24) is 20.7 Å². The van der Waals surface area contributed by atoms with E-state index in [-0.39, 0.29) is 11.6 Å². The second-order valence-corrected chi connectivity index (χ2v) is 5.74. The van der Waals surface area contributed by atoms with Crippen molar-refractivity contribution in [3.05, 3.63) is 66.0 Å². The molecule has 4 aromatic rings. The van der Waals surface area contributed by atoms with Crippen LogP contribution >= 0.6 is 0 Å². The minimum absolute atomic E-state index is 0.224. The van der Waals surface area contributed by atoms with Crippen LogP contribution in [-0.2, 0) is 6.54 Å². The van der Waals surface area contributed by atoms with Gasteiger partial charge in [0.15, 0.2) is 11.5 Å². The normalized spacial score (nSPS) is 10.8. The summed E-state index contributed by atoms with van der Waals surface area (Å²) in [6, 6.07) is 14.9. The first kappa shape index (κ1) is 15.9. The molecule has 2 heterocycles. The number of hydrogen-bond acceptors (Lipinski definition) is 5. The predicted molar refractivity (Wildman–Crippen MR) is 95.8 cm³/mol. The minimum atomic E-state index is -0.310. The summed E-state index contributed by atoms with van der Waals surface area (Å²) in [7, 11) is 1.60. The van der Waals surface area contributed by atoms with Crippen LogP contribution in [0.1, 0.15) is 16.1 Å². The van der Waals surface area contributed by atoms with Crippen molar-refractivity contribution in [2.45, 2.75) is 6.54 Å². The number of aromatic nitrogens is 3. The molecule has 7 nitrogen and oxygen atoms in total. The second kappa shape index (κ2) is 6.72. The van der Waals surface area contributed by atoms with Crippen LogP contribution in [0.4, 0.5) is 0 Å². The van der Waals surface area contributed by atoms with Gasteiger partial charge >= 0.3 is 0 Å². The van der Waals surface area contributed by atoms with Gasteiger partial charge in [0.1, 0.15) is 5.75 Å². The molecule has 0 saturated heterocycles. The molecule has 0 radical (unpaired) electrons. The molecule has 0 unspecified atom stereocenters. The van der Waals surface area contributed by atoms with Gasteiger partial charge in [-0.2, -0.15) is 5.10 Å². The number of nitrogens with one attached hydrogen (secondary N) is 2. The average molecular weight is 348 g/mol. The van der Waals surface area contributed by atoms with Crippen molar-refractivity contribution >= 4 is 16.8 Å². The number of fused-ring (bicyclic) bond motifs is 1. The Balaban J connectivity index is 1.49. The highest BCUT2D eigenvalue weighted by molar-refractivity contribution is 5.93. The van der Waals surface area contributed by atoms with E-state index in [1.54, 1.807) is 19.4 Å². The molecule has 0 aliphatic heterocycles. The maximum absolute atomic E-state index is 12.3. The van der Waals surface area contributed by atoms with Crippen molar-refractivity contribution in [2.75, 3.05) is 7.11 Å². The first-order valence-corrected chi connectivity index (χ1v) is 8.05. The Labute approximate surface area is 149 Å². The lowest BCUT2D eigenvalue weighted by atomic mass is 10.1. The number of carbonyl (C=O) groups is 1. The van der Waals surface area contributed by atoms with E-state index in [0.29, 0.717) is 12.3 Å². The number of methoxy groups -OCH3 is 1. The molecule has 26 heavy (non-hydrogen) atoms. The van der Waals surface area contributed by atoms with Gasteiger partial charge in [0.2, 0.25) is 0 Å². The SMILES string of the molecule is COc1ccccc1CNC(=O)c1cc(-c2ccc3[nH]ncc3c2)on1. The third kappa shape index (κ3) is 3.02. The summed E-state index contributed by atoms with van der Waals surface area (Å²) < 4.78 is 10.6. The predicted octanol–water partition coefficient (Wildman–Crippen LogP) is 3.16. The fourth-order valence-corrected chi connectivity index (χ4v) is 2.73. The Morgan fingerprint density at radius 2 is 2.12 bits per heavy atom. The number of H-pyrrole nitrogens is 1. The summed E-state index contributed by atoms with van der Waals surface area (Å²) in [5, 5.41) is 14.5. The summed E-state index contributed by atoms with van der Waals surface area (Å²) in [6.07, 6.45) is 1.73. The minimum Gasteiger partial charge on any atom is -0.496 e. The number of para-hydroxylation sites is 1.